The quantitative estimate of drug-likeness (QED) is 0.791. The number of thiophene rings is 1. The van der Waals surface area contributed by atoms with Gasteiger partial charge in [-0.2, -0.15) is 0 Å². The van der Waals surface area contributed by atoms with E-state index in [1.54, 1.807) is 25.1 Å². The van der Waals surface area contributed by atoms with Crippen molar-refractivity contribution < 1.29 is 12.8 Å². The van der Waals surface area contributed by atoms with E-state index < -0.39 is 10.0 Å². The van der Waals surface area contributed by atoms with Crippen LogP contribution in [0.15, 0.2) is 45.0 Å². The van der Waals surface area contributed by atoms with Gasteiger partial charge in [-0.1, -0.05) is 17.7 Å². The van der Waals surface area contributed by atoms with E-state index in [2.05, 4.69) is 14.9 Å². The van der Waals surface area contributed by atoms with Gasteiger partial charge in [-0.3, -0.25) is 4.72 Å². The van der Waals surface area contributed by atoms with E-state index in [0.29, 0.717) is 22.3 Å². The number of hydrogen-bond acceptors (Lipinski definition) is 6. The van der Waals surface area contributed by atoms with Crippen molar-refractivity contribution in [2.75, 3.05) is 4.72 Å². The Morgan fingerprint density at radius 3 is 2.41 bits per heavy atom. The first-order valence-electron chi connectivity index (χ1n) is 6.44. The fraction of sp³-hybridized carbons (Fsp3) is 0.143. The maximum Gasteiger partial charge on any atom is 0.271 e. The highest BCUT2D eigenvalue weighted by molar-refractivity contribution is 7.94. The first-order valence-corrected chi connectivity index (χ1v) is 8.74. The van der Waals surface area contributed by atoms with Crippen molar-refractivity contribution in [1.29, 1.82) is 0 Å². The summed E-state index contributed by atoms with van der Waals surface area (Å²) in [5.41, 5.74) is 1.59. The van der Waals surface area contributed by atoms with Crippen LogP contribution in [0, 0.1) is 13.8 Å². The Morgan fingerprint density at radius 1 is 1.05 bits per heavy atom. The molecule has 1 aromatic carbocycles. The van der Waals surface area contributed by atoms with E-state index in [9.17, 15) is 8.42 Å². The van der Waals surface area contributed by atoms with Crippen LogP contribution in [-0.2, 0) is 10.0 Å². The molecule has 0 amide bonds. The minimum Gasteiger partial charge on any atom is -0.420 e. The zero-order chi connectivity index (χ0) is 15.7. The summed E-state index contributed by atoms with van der Waals surface area (Å²) in [4.78, 5) is 0.616. The van der Waals surface area contributed by atoms with Crippen LogP contribution < -0.4 is 4.72 Å². The smallest absolute Gasteiger partial charge is 0.271 e. The van der Waals surface area contributed by atoms with Gasteiger partial charge in [0.05, 0.1) is 4.88 Å². The number of hydrogen-bond donors (Lipinski definition) is 1. The molecule has 0 aliphatic rings. The molecular weight excluding hydrogens is 322 g/mol. The molecule has 0 aliphatic carbocycles. The lowest BCUT2D eigenvalue weighted by molar-refractivity contribution is 0.534. The normalized spacial score (nSPS) is 11.5. The summed E-state index contributed by atoms with van der Waals surface area (Å²) in [7, 11) is -3.63. The van der Waals surface area contributed by atoms with Gasteiger partial charge in [0.1, 0.15) is 4.21 Å². The molecule has 2 heterocycles. The summed E-state index contributed by atoms with van der Waals surface area (Å²) in [5.74, 6) is 0.755. The Kier molecular flexibility index (Phi) is 3.71. The number of sulfonamides is 1. The number of benzene rings is 1. The van der Waals surface area contributed by atoms with Crippen LogP contribution >= 0.6 is 11.3 Å². The predicted molar refractivity (Wildman–Crippen MR) is 84.3 cm³/mol. The number of aryl methyl sites for hydroxylation is 2. The number of rotatable bonds is 4. The minimum atomic E-state index is -3.63. The van der Waals surface area contributed by atoms with Crippen LogP contribution in [0.4, 0.5) is 5.69 Å². The third-order valence-corrected chi connectivity index (χ3v) is 5.83. The van der Waals surface area contributed by atoms with Crippen molar-refractivity contribution in [2.45, 2.75) is 18.1 Å². The Balaban J connectivity index is 1.86. The molecule has 0 unspecified atom stereocenters. The van der Waals surface area contributed by atoms with Crippen LogP contribution in [0.1, 0.15) is 11.5 Å². The van der Waals surface area contributed by atoms with E-state index in [-0.39, 0.29) is 4.21 Å². The average Bonchev–Trinajstić information content (AvgIpc) is 3.10. The van der Waals surface area contributed by atoms with Gasteiger partial charge in [0, 0.05) is 12.6 Å². The molecule has 0 atom stereocenters. The van der Waals surface area contributed by atoms with Gasteiger partial charge >= 0.3 is 0 Å². The Hall–Kier alpha value is -2.19. The van der Waals surface area contributed by atoms with Crippen LogP contribution in [0.3, 0.4) is 0 Å². The molecule has 22 heavy (non-hydrogen) atoms. The van der Waals surface area contributed by atoms with Gasteiger partial charge in [0.25, 0.3) is 15.9 Å². The monoisotopic (exact) mass is 335 g/mol. The summed E-state index contributed by atoms with van der Waals surface area (Å²) in [6.07, 6.45) is 0. The molecule has 0 aliphatic heterocycles. The van der Waals surface area contributed by atoms with Crippen LogP contribution in [0.2, 0.25) is 0 Å². The molecule has 1 N–H and O–H groups in total. The second-order valence-corrected chi connectivity index (χ2v) is 7.71. The molecule has 0 spiro atoms. The summed E-state index contributed by atoms with van der Waals surface area (Å²) in [5, 5.41) is 7.62. The maximum atomic E-state index is 12.4. The van der Waals surface area contributed by atoms with Crippen molar-refractivity contribution >= 4 is 27.0 Å². The zero-order valence-electron chi connectivity index (χ0n) is 11.9. The standard InChI is InChI=1S/C14H13N3O3S2/c1-9-3-5-11(6-4-9)17-22(18,19)13-8-7-12(21-13)14-16-15-10(2)20-14/h3-8,17H,1-2H3. The molecule has 6 nitrogen and oxygen atoms in total. The Labute approximate surface area is 131 Å². The van der Waals surface area contributed by atoms with Crippen molar-refractivity contribution in [3.63, 3.8) is 0 Å². The largest absolute Gasteiger partial charge is 0.420 e. The number of anilines is 1. The summed E-state index contributed by atoms with van der Waals surface area (Å²) >= 11 is 1.08. The fourth-order valence-corrected chi connectivity index (χ4v) is 4.09. The first-order chi connectivity index (χ1) is 10.4. The highest BCUT2D eigenvalue weighted by Gasteiger charge is 2.19. The number of nitrogens with zero attached hydrogens (tertiary/aromatic N) is 2. The summed E-state index contributed by atoms with van der Waals surface area (Å²) < 4.78 is 32.8. The topological polar surface area (TPSA) is 85.1 Å². The zero-order valence-corrected chi connectivity index (χ0v) is 13.5. The third kappa shape index (κ3) is 3.02. The molecule has 8 heteroatoms. The maximum absolute atomic E-state index is 12.4. The van der Waals surface area contributed by atoms with E-state index in [1.807, 2.05) is 19.1 Å². The molecule has 0 bridgehead atoms. The molecular formula is C14H13N3O3S2. The van der Waals surface area contributed by atoms with E-state index in [4.69, 9.17) is 4.42 Å². The van der Waals surface area contributed by atoms with Crippen molar-refractivity contribution in [3.05, 3.63) is 47.9 Å². The molecule has 0 saturated heterocycles. The van der Waals surface area contributed by atoms with E-state index in [1.165, 1.54) is 6.07 Å². The fourth-order valence-electron chi connectivity index (χ4n) is 1.80. The number of aromatic nitrogens is 2. The van der Waals surface area contributed by atoms with Crippen molar-refractivity contribution in [3.8, 4) is 10.8 Å². The number of nitrogens with one attached hydrogen (secondary N) is 1. The van der Waals surface area contributed by atoms with Gasteiger partial charge in [-0.05, 0) is 31.2 Å². The molecule has 3 aromatic rings. The predicted octanol–water partition coefficient (Wildman–Crippen LogP) is 3.22. The highest BCUT2D eigenvalue weighted by atomic mass is 32.2. The Morgan fingerprint density at radius 2 is 1.77 bits per heavy atom. The molecule has 2 aromatic heterocycles. The molecule has 3 rings (SSSR count). The minimum absolute atomic E-state index is 0.193. The Bertz CT molecular complexity index is 896. The van der Waals surface area contributed by atoms with Gasteiger partial charge in [-0.25, -0.2) is 8.42 Å². The van der Waals surface area contributed by atoms with E-state index in [0.717, 1.165) is 16.9 Å². The van der Waals surface area contributed by atoms with Crippen LogP contribution in [0.25, 0.3) is 10.8 Å². The van der Waals surface area contributed by atoms with Crippen molar-refractivity contribution in [1.82, 2.24) is 10.2 Å². The van der Waals surface area contributed by atoms with Crippen LogP contribution in [-0.4, -0.2) is 18.6 Å². The van der Waals surface area contributed by atoms with Gasteiger partial charge in [0.15, 0.2) is 0 Å². The van der Waals surface area contributed by atoms with Crippen LogP contribution in [0.5, 0.6) is 0 Å². The lowest BCUT2D eigenvalue weighted by Crippen LogP contribution is -2.11. The lowest BCUT2D eigenvalue weighted by atomic mass is 10.2. The lowest BCUT2D eigenvalue weighted by Gasteiger charge is -2.06. The third-order valence-electron chi connectivity index (χ3n) is 2.89. The second kappa shape index (κ2) is 5.54. The molecule has 0 saturated carbocycles. The second-order valence-electron chi connectivity index (χ2n) is 4.72. The summed E-state index contributed by atoms with van der Waals surface area (Å²) in [6.45, 7) is 3.62. The van der Waals surface area contributed by atoms with Gasteiger partial charge in [-0.15, -0.1) is 21.5 Å². The SMILES string of the molecule is Cc1ccc(NS(=O)(=O)c2ccc(-c3nnc(C)o3)s2)cc1. The van der Waals surface area contributed by atoms with E-state index >= 15 is 0 Å². The highest BCUT2D eigenvalue weighted by Crippen LogP contribution is 2.30. The average molecular weight is 335 g/mol. The molecule has 0 fully saturated rings. The summed E-state index contributed by atoms with van der Waals surface area (Å²) in [6, 6.07) is 10.3. The first kappa shape index (κ1) is 14.7. The molecule has 114 valence electrons. The van der Waals surface area contributed by atoms with Crippen molar-refractivity contribution in [2.24, 2.45) is 0 Å². The van der Waals surface area contributed by atoms with Gasteiger partial charge < -0.3 is 4.42 Å². The van der Waals surface area contributed by atoms with Gasteiger partial charge in [0.2, 0.25) is 5.89 Å². The molecule has 0 radical (unpaired) electrons.